The lowest BCUT2D eigenvalue weighted by Crippen LogP contribution is -2.07. The van der Waals surface area contributed by atoms with Crippen LogP contribution in [0.2, 0.25) is 0 Å². The molecule has 2 rings (SSSR count). The van der Waals surface area contributed by atoms with Crippen molar-refractivity contribution in [2.75, 3.05) is 0 Å². The highest BCUT2D eigenvalue weighted by atomic mass is 32.1. The summed E-state index contributed by atoms with van der Waals surface area (Å²) >= 11 is 5.18. The molecule has 2 nitrogen and oxygen atoms in total. The molecule has 0 aliphatic carbocycles. The quantitative estimate of drug-likeness (QED) is 0.647. The van der Waals surface area contributed by atoms with Crippen LogP contribution in [0.5, 0.6) is 11.5 Å². The summed E-state index contributed by atoms with van der Waals surface area (Å²) in [5, 5.41) is 0.594. The second-order valence-electron chi connectivity index (χ2n) is 5.62. The van der Waals surface area contributed by atoms with E-state index < -0.39 is 0 Å². The van der Waals surface area contributed by atoms with Crippen LogP contribution in [-0.4, -0.2) is 5.05 Å². The van der Waals surface area contributed by atoms with Crippen LogP contribution in [0.15, 0.2) is 36.4 Å². The predicted octanol–water partition coefficient (Wildman–Crippen LogP) is 5.56. The summed E-state index contributed by atoms with van der Waals surface area (Å²) in [6.45, 7) is 8.84. The van der Waals surface area contributed by atoms with E-state index in [9.17, 15) is 0 Å². The minimum absolute atomic E-state index is 0.467. The Hall–Kier alpha value is -1.87. The molecule has 0 aliphatic rings. The molecule has 0 saturated carbocycles. The van der Waals surface area contributed by atoms with Crippen LogP contribution in [0.25, 0.3) is 0 Å². The molecule has 0 unspecified atom stereocenters. The first-order chi connectivity index (χ1) is 11.0. The van der Waals surface area contributed by atoms with Crippen LogP contribution >= 0.6 is 12.2 Å². The molecular weight excluding hydrogens is 304 g/mol. The Morgan fingerprint density at radius 2 is 1.70 bits per heavy atom. The molecule has 0 atom stereocenters. The smallest absolute Gasteiger partial charge is 0.167 e. The van der Waals surface area contributed by atoms with E-state index in [1.807, 2.05) is 31.2 Å². The normalized spacial score (nSPS) is 10.4. The molecule has 0 bridgehead atoms. The fourth-order valence-corrected chi connectivity index (χ4v) is 2.55. The number of ether oxygens (including phenoxy) is 2. The molecule has 23 heavy (non-hydrogen) atoms. The molecule has 0 radical (unpaired) electrons. The highest BCUT2D eigenvalue weighted by Crippen LogP contribution is 2.26. The molecule has 0 saturated heterocycles. The first-order valence-electron chi connectivity index (χ1n) is 8.06. The summed E-state index contributed by atoms with van der Waals surface area (Å²) in [4.78, 5) is 0. The van der Waals surface area contributed by atoms with Crippen LogP contribution in [0.3, 0.4) is 0 Å². The number of para-hydroxylation sites is 1. The molecule has 0 heterocycles. The van der Waals surface area contributed by atoms with Crippen molar-refractivity contribution in [3.63, 3.8) is 0 Å². The van der Waals surface area contributed by atoms with Crippen molar-refractivity contribution in [2.45, 2.75) is 47.1 Å². The summed E-state index contributed by atoms with van der Waals surface area (Å²) in [6.07, 6.45) is 1.76. The van der Waals surface area contributed by atoms with Gasteiger partial charge in [0.1, 0.15) is 18.1 Å². The minimum Gasteiger partial charge on any atom is -0.488 e. The molecule has 2 aromatic carbocycles. The van der Waals surface area contributed by atoms with E-state index in [0.717, 1.165) is 35.5 Å². The Labute approximate surface area is 144 Å². The minimum atomic E-state index is 0.467. The molecule has 0 fully saturated rings. The molecule has 3 heteroatoms. The number of benzene rings is 2. The first kappa shape index (κ1) is 17.5. The third-order valence-corrected chi connectivity index (χ3v) is 4.25. The number of aryl methyl sites for hydroxylation is 3. The van der Waals surface area contributed by atoms with Gasteiger partial charge in [-0.1, -0.05) is 38.1 Å². The number of hydrogen-bond donors (Lipinski definition) is 0. The molecule has 122 valence electrons. The van der Waals surface area contributed by atoms with E-state index in [2.05, 4.69) is 32.9 Å². The van der Waals surface area contributed by atoms with E-state index >= 15 is 0 Å². The van der Waals surface area contributed by atoms with Gasteiger partial charge in [0, 0.05) is 12.0 Å². The molecule has 0 amide bonds. The summed E-state index contributed by atoms with van der Waals surface area (Å²) < 4.78 is 11.8. The second kappa shape index (κ2) is 8.11. The summed E-state index contributed by atoms with van der Waals surface area (Å²) in [5.74, 6) is 1.70. The Morgan fingerprint density at radius 3 is 2.39 bits per heavy atom. The van der Waals surface area contributed by atoms with Crippen molar-refractivity contribution >= 4 is 17.3 Å². The number of rotatable bonds is 6. The van der Waals surface area contributed by atoms with Crippen LogP contribution in [0.1, 0.15) is 42.5 Å². The molecule has 0 aliphatic heterocycles. The van der Waals surface area contributed by atoms with E-state index in [4.69, 9.17) is 21.7 Å². The summed E-state index contributed by atoms with van der Waals surface area (Å²) in [6, 6.07) is 12.2. The maximum atomic E-state index is 6.04. The monoisotopic (exact) mass is 328 g/mol. The SMILES string of the molecule is CCC(=S)Oc1ccccc1COc1cc(C)c(CC)cc1C. The fraction of sp³-hybridized carbons (Fsp3) is 0.350. The van der Waals surface area contributed by atoms with Gasteiger partial charge in [0.2, 0.25) is 0 Å². The Morgan fingerprint density at radius 1 is 0.957 bits per heavy atom. The van der Waals surface area contributed by atoms with Gasteiger partial charge in [-0.05, 0) is 61.3 Å². The van der Waals surface area contributed by atoms with Gasteiger partial charge in [0.25, 0.3) is 0 Å². The lowest BCUT2D eigenvalue weighted by molar-refractivity contribution is 0.299. The standard InChI is InChI=1S/C20H24O2S/c1-5-16-11-15(4)19(12-14(16)3)21-13-17-9-7-8-10-18(17)22-20(23)6-2/h7-12H,5-6,13H2,1-4H3. The zero-order valence-corrected chi connectivity index (χ0v) is 15.1. The number of thiocarbonyl (C=S) groups is 1. The lowest BCUT2D eigenvalue weighted by atomic mass is 10.0. The van der Waals surface area contributed by atoms with Crippen molar-refractivity contribution in [3.05, 3.63) is 58.7 Å². The molecule has 0 N–H and O–H groups in total. The zero-order chi connectivity index (χ0) is 16.8. The highest BCUT2D eigenvalue weighted by Gasteiger charge is 2.09. The van der Waals surface area contributed by atoms with Gasteiger partial charge in [-0.25, -0.2) is 0 Å². The molecule has 2 aromatic rings. The second-order valence-corrected chi connectivity index (χ2v) is 6.08. The maximum Gasteiger partial charge on any atom is 0.167 e. The van der Waals surface area contributed by atoms with Gasteiger partial charge >= 0.3 is 0 Å². The van der Waals surface area contributed by atoms with Crippen LogP contribution in [-0.2, 0) is 13.0 Å². The van der Waals surface area contributed by atoms with Crippen molar-refractivity contribution in [3.8, 4) is 11.5 Å². The topological polar surface area (TPSA) is 18.5 Å². The largest absolute Gasteiger partial charge is 0.488 e. The van der Waals surface area contributed by atoms with Crippen LogP contribution in [0, 0.1) is 13.8 Å². The van der Waals surface area contributed by atoms with Crippen LogP contribution in [0.4, 0.5) is 0 Å². The van der Waals surface area contributed by atoms with Gasteiger partial charge in [-0.2, -0.15) is 0 Å². The highest BCUT2D eigenvalue weighted by molar-refractivity contribution is 7.80. The lowest BCUT2D eigenvalue weighted by Gasteiger charge is -2.15. The maximum absolute atomic E-state index is 6.04. The summed E-state index contributed by atoms with van der Waals surface area (Å²) in [7, 11) is 0. The zero-order valence-electron chi connectivity index (χ0n) is 14.3. The van der Waals surface area contributed by atoms with Gasteiger partial charge < -0.3 is 9.47 Å². The van der Waals surface area contributed by atoms with E-state index in [1.54, 1.807) is 0 Å². The van der Waals surface area contributed by atoms with Gasteiger partial charge in [-0.15, -0.1) is 0 Å². The number of hydrogen-bond acceptors (Lipinski definition) is 3. The molecular formula is C20H24O2S. The average Bonchev–Trinajstić information content (AvgIpc) is 2.56. The molecule has 0 aromatic heterocycles. The van der Waals surface area contributed by atoms with Gasteiger partial charge in [-0.3, -0.25) is 0 Å². The van der Waals surface area contributed by atoms with Crippen molar-refractivity contribution in [1.82, 2.24) is 0 Å². The van der Waals surface area contributed by atoms with E-state index in [0.29, 0.717) is 11.7 Å². The van der Waals surface area contributed by atoms with Crippen molar-refractivity contribution in [1.29, 1.82) is 0 Å². The Balaban J connectivity index is 2.15. The third kappa shape index (κ3) is 4.55. The molecule has 0 spiro atoms. The fourth-order valence-electron chi connectivity index (χ4n) is 2.46. The first-order valence-corrected chi connectivity index (χ1v) is 8.47. The van der Waals surface area contributed by atoms with Crippen molar-refractivity contribution in [2.24, 2.45) is 0 Å². The van der Waals surface area contributed by atoms with Gasteiger partial charge in [0.15, 0.2) is 5.05 Å². The Bertz CT molecular complexity index is 692. The average molecular weight is 328 g/mol. The Kier molecular flexibility index (Phi) is 6.17. The van der Waals surface area contributed by atoms with E-state index in [1.165, 1.54) is 11.1 Å². The van der Waals surface area contributed by atoms with E-state index in [-0.39, 0.29) is 0 Å². The third-order valence-electron chi connectivity index (χ3n) is 3.88. The van der Waals surface area contributed by atoms with Crippen molar-refractivity contribution < 1.29 is 9.47 Å². The van der Waals surface area contributed by atoms with Gasteiger partial charge in [0.05, 0.1) is 0 Å². The summed E-state index contributed by atoms with van der Waals surface area (Å²) in [5.41, 5.74) is 4.80. The van der Waals surface area contributed by atoms with Crippen LogP contribution < -0.4 is 9.47 Å². The predicted molar refractivity (Wildman–Crippen MR) is 99.6 cm³/mol.